The maximum Gasteiger partial charge on any atom is 0.0592 e. The van der Waals surface area contributed by atoms with E-state index in [1.807, 2.05) is 31.3 Å². The molecule has 0 aliphatic rings. The van der Waals surface area contributed by atoms with Crippen molar-refractivity contribution in [3.05, 3.63) is 50.9 Å². The van der Waals surface area contributed by atoms with Gasteiger partial charge < -0.3 is 5.73 Å². The molecule has 0 fully saturated rings. The van der Waals surface area contributed by atoms with Crippen molar-refractivity contribution in [1.82, 2.24) is 9.88 Å². The van der Waals surface area contributed by atoms with Gasteiger partial charge in [-0.05, 0) is 48.1 Å². The van der Waals surface area contributed by atoms with Crippen LogP contribution < -0.4 is 5.73 Å². The zero-order valence-corrected chi connectivity index (χ0v) is 13.5. The van der Waals surface area contributed by atoms with E-state index in [2.05, 4.69) is 44.3 Å². The molecule has 0 aromatic carbocycles. The lowest BCUT2D eigenvalue weighted by Crippen LogP contribution is -2.36. The van der Waals surface area contributed by atoms with E-state index in [1.165, 1.54) is 4.88 Å². The summed E-state index contributed by atoms with van der Waals surface area (Å²) in [5, 5.41) is 2.10. The van der Waals surface area contributed by atoms with Crippen LogP contribution in [0.5, 0.6) is 0 Å². The fourth-order valence-corrected chi connectivity index (χ4v) is 3.93. The molecular formula is C14H18BrN3S. The normalized spacial score (nSPS) is 14.6. The number of thiophene rings is 1. The fraction of sp³-hybridized carbons (Fsp3) is 0.357. The van der Waals surface area contributed by atoms with Crippen molar-refractivity contribution >= 4 is 27.3 Å². The van der Waals surface area contributed by atoms with Gasteiger partial charge in [-0.1, -0.05) is 6.07 Å². The standard InChI is InChI=1S/C14H18BrN3S/c1-10(16)14(13-7-11(15)9-19-13)18(2)8-12-5-3-4-6-17-12/h3-7,9-10,14H,8,16H2,1-2H3. The maximum absolute atomic E-state index is 6.16. The Balaban J connectivity index is 2.15. The summed E-state index contributed by atoms with van der Waals surface area (Å²) >= 11 is 5.24. The monoisotopic (exact) mass is 339 g/mol. The van der Waals surface area contributed by atoms with Gasteiger partial charge in [0.25, 0.3) is 0 Å². The van der Waals surface area contributed by atoms with Gasteiger partial charge in [-0.3, -0.25) is 9.88 Å². The van der Waals surface area contributed by atoms with Crippen LogP contribution in [-0.4, -0.2) is 23.0 Å². The van der Waals surface area contributed by atoms with E-state index in [-0.39, 0.29) is 12.1 Å². The first kappa shape index (κ1) is 14.7. The summed E-state index contributed by atoms with van der Waals surface area (Å²) in [6.45, 7) is 2.84. The molecule has 0 amide bonds. The van der Waals surface area contributed by atoms with Gasteiger partial charge in [-0.2, -0.15) is 0 Å². The van der Waals surface area contributed by atoms with E-state index in [0.717, 1.165) is 16.7 Å². The predicted octanol–water partition coefficient (Wildman–Crippen LogP) is 3.43. The van der Waals surface area contributed by atoms with Gasteiger partial charge in [-0.15, -0.1) is 11.3 Å². The minimum Gasteiger partial charge on any atom is -0.326 e. The molecule has 3 nitrogen and oxygen atoms in total. The highest BCUT2D eigenvalue weighted by molar-refractivity contribution is 9.10. The summed E-state index contributed by atoms with van der Waals surface area (Å²) in [5.41, 5.74) is 7.22. The Morgan fingerprint density at radius 3 is 2.79 bits per heavy atom. The first-order valence-corrected chi connectivity index (χ1v) is 7.85. The molecule has 2 aromatic rings. The molecule has 2 N–H and O–H groups in total. The average molecular weight is 340 g/mol. The lowest BCUT2D eigenvalue weighted by molar-refractivity contribution is 0.212. The van der Waals surface area contributed by atoms with Gasteiger partial charge in [-0.25, -0.2) is 0 Å². The van der Waals surface area contributed by atoms with Crippen LogP contribution >= 0.6 is 27.3 Å². The number of likely N-dealkylation sites (N-methyl/N-ethyl adjacent to an activating group) is 1. The van der Waals surface area contributed by atoms with Crippen LogP contribution in [0.1, 0.15) is 23.5 Å². The predicted molar refractivity (Wildman–Crippen MR) is 84.1 cm³/mol. The van der Waals surface area contributed by atoms with E-state index in [1.54, 1.807) is 11.3 Å². The molecule has 0 radical (unpaired) electrons. The Labute approximate surface area is 126 Å². The van der Waals surface area contributed by atoms with Gasteiger partial charge in [0.1, 0.15) is 0 Å². The minimum atomic E-state index is 0.0688. The van der Waals surface area contributed by atoms with Crippen molar-refractivity contribution in [2.45, 2.75) is 25.6 Å². The van der Waals surface area contributed by atoms with Gasteiger partial charge >= 0.3 is 0 Å². The molecule has 19 heavy (non-hydrogen) atoms. The van der Waals surface area contributed by atoms with Crippen LogP contribution in [0.2, 0.25) is 0 Å². The highest BCUT2D eigenvalue weighted by atomic mass is 79.9. The van der Waals surface area contributed by atoms with E-state index >= 15 is 0 Å². The average Bonchev–Trinajstić information content (AvgIpc) is 2.76. The Hall–Kier alpha value is -0.750. The quantitative estimate of drug-likeness (QED) is 0.907. The van der Waals surface area contributed by atoms with E-state index in [0.29, 0.717) is 0 Å². The Bertz CT molecular complexity index is 512. The van der Waals surface area contributed by atoms with Gasteiger partial charge in [0.2, 0.25) is 0 Å². The molecule has 0 bridgehead atoms. The van der Waals surface area contributed by atoms with Crippen LogP contribution in [0.3, 0.4) is 0 Å². The molecule has 0 aliphatic carbocycles. The van der Waals surface area contributed by atoms with Crippen LogP contribution in [-0.2, 0) is 6.54 Å². The number of nitrogens with two attached hydrogens (primary N) is 1. The summed E-state index contributed by atoms with van der Waals surface area (Å²) < 4.78 is 1.12. The first-order chi connectivity index (χ1) is 9.08. The molecule has 2 rings (SSSR count). The van der Waals surface area contributed by atoms with Crippen molar-refractivity contribution in [1.29, 1.82) is 0 Å². The van der Waals surface area contributed by atoms with Crippen molar-refractivity contribution in [3.63, 3.8) is 0 Å². The molecule has 0 spiro atoms. The van der Waals surface area contributed by atoms with Gasteiger partial charge in [0.15, 0.2) is 0 Å². The second-order valence-electron chi connectivity index (χ2n) is 4.71. The Morgan fingerprint density at radius 2 is 2.26 bits per heavy atom. The first-order valence-electron chi connectivity index (χ1n) is 6.17. The summed E-state index contributed by atoms with van der Waals surface area (Å²) in [7, 11) is 2.09. The van der Waals surface area contributed by atoms with Crippen LogP contribution in [0.4, 0.5) is 0 Å². The molecule has 2 unspecified atom stereocenters. The third-order valence-electron chi connectivity index (χ3n) is 2.99. The molecule has 0 saturated carbocycles. The highest BCUT2D eigenvalue weighted by Crippen LogP contribution is 2.31. The lowest BCUT2D eigenvalue weighted by Gasteiger charge is -2.30. The van der Waals surface area contributed by atoms with E-state index < -0.39 is 0 Å². The van der Waals surface area contributed by atoms with E-state index in [9.17, 15) is 0 Å². The summed E-state index contributed by atoms with van der Waals surface area (Å²) in [6, 6.07) is 8.41. The molecule has 5 heteroatoms. The fourth-order valence-electron chi connectivity index (χ4n) is 2.21. The molecule has 2 aromatic heterocycles. The molecular weight excluding hydrogens is 322 g/mol. The molecule has 0 aliphatic heterocycles. The zero-order valence-electron chi connectivity index (χ0n) is 11.1. The molecule has 2 atom stereocenters. The molecule has 2 heterocycles. The zero-order chi connectivity index (χ0) is 13.8. The van der Waals surface area contributed by atoms with Crippen molar-refractivity contribution < 1.29 is 0 Å². The number of halogens is 1. The third kappa shape index (κ3) is 3.86. The second kappa shape index (κ2) is 6.61. The smallest absolute Gasteiger partial charge is 0.0592 e. The van der Waals surface area contributed by atoms with E-state index in [4.69, 9.17) is 5.73 Å². The Kier molecular flexibility index (Phi) is 5.10. The summed E-state index contributed by atoms with van der Waals surface area (Å²) in [6.07, 6.45) is 1.83. The number of aromatic nitrogens is 1. The molecule has 0 saturated heterocycles. The number of rotatable bonds is 5. The van der Waals surface area contributed by atoms with Crippen molar-refractivity contribution in [3.8, 4) is 0 Å². The number of hydrogen-bond donors (Lipinski definition) is 1. The SMILES string of the molecule is CC(N)C(c1cc(Br)cs1)N(C)Cc1ccccn1. The highest BCUT2D eigenvalue weighted by Gasteiger charge is 2.23. The summed E-state index contributed by atoms with van der Waals surface area (Å²) in [5.74, 6) is 0. The van der Waals surface area contributed by atoms with Crippen LogP contribution in [0, 0.1) is 0 Å². The third-order valence-corrected chi connectivity index (χ3v) is 4.75. The van der Waals surface area contributed by atoms with Crippen molar-refractivity contribution in [2.75, 3.05) is 7.05 Å². The largest absolute Gasteiger partial charge is 0.326 e. The molecule has 102 valence electrons. The minimum absolute atomic E-state index is 0.0688. The van der Waals surface area contributed by atoms with Gasteiger partial charge in [0.05, 0.1) is 11.7 Å². The lowest BCUT2D eigenvalue weighted by atomic mass is 10.1. The summed E-state index contributed by atoms with van der Waals surface area (Å²) in [4.78, 5) is 7.90. The maximum atomic E-state index is 6.16. The van der Waals surface area contributed by atoms with Crippen LogP contribution in [0.15, 0.2) is 40.3 Å². The second-order valence-corrected chi connectivity index (χ2v) is 6.57. The topological polar surface area (TPSA) is 42.1 Å². The number of nitrogens with zero attached hydrogens (tertiary/aromatic N) is 2. The number of hydrogen-bond acceptors (Lipinski definition) is 4. The van der Waals surface area contributed by atoms with Crippen LogP contribution in [0.25, 0.3) is 0 Å². The Morgan fingerprint density at radius 1 is 1.47 bits per heavy atom. The number of pyridine rings is 1. The van der Waals surface area contributed by atoms with Crippen molar-refractivity contribution in [2.24, 2.45) is 5.73 Å². The van der Waals surface area contributed by atoms with Gasteiger partial charge in [0, 0.05) is 33.5 Å².